The van der Waals surface area contributed by atoms with Gasteiger partial charge in [-0.15, -0.1) is 0 Å². The first-order valence-corrected chi connectivity index (χ1v) is 6.67. The Balaban J connectivity index is 1.87. The number of nitrogens with one attached hydrogen (secondary N) is 1. The van der Waals surface area contributed by atoms with Gasteiger partial charge < -0.3 is 10.4 Å². The summed E-state index contributed by atoms with van der Waals surface area (Å²) < 4.78 is 0. The Morgan fingerprint density at radius 2 is 2.17 bits per heavy atom. The fraction of sp³-hybridized carbons (Fsp3) is 0.533. The monoisotopic (exact) mass is 247 g/mol. The summed E-state index contributed by atoms with van der Waals surface area (Å²) in [6.45, 7) is 2.56. The molecule has 1 atom stereocenters. The molecule has 1 amide bonds. The number of aliphatic hydroxyl groups is 1. The molecule has 0 aromatic heterocycles. The third-order valence-corrected chi connectivity index (χ3v) is 3.49. The standard InChI is InChI=1S/C15H21NO2/c1-11(10-17)9-16-15(18)8-12-5-6-13-3-2-4-14(13)7-12/h5-7,11,17H,2-4,8-10H2,1H3,(H,16,18). The van der Waals surface area contributed by atoms with Gasteiger partial charge in [0.1, 0.15) is 0 Å². The summed E-state index contributed by atoms with van der Waals surface area (Å²) in [6, 6.07) is 6.37. The fourth-order valence-corrected chi connectivity index (χ4v) is 2.34. The van der Waals surface area contributed by atoms with Crippen LogP contribution in [0, 0.1) is 5.92 Å². The molecule has 1 unspecified atom stereocenters. The van der Waals surface area contributed by atoms with Crippen LogP contribution in [-0.4, -0.2) is 24.2 Å². The summed E-state index contributed by atoms with van der Waals surface area (Å²) in [5.74, 6) is 0.155. The number of carbonyl (C=O) groups excluding carboxylic acids is 1. The van der Waals surface area contributed by atoms with Crippen LogP contribution in [0.3, 0.4) is 0 Å². The predicted octanol–water partition coefficient (Wildman–Crippen LogP) is 1.46. The van der Waals surface area contributed by atoms with E-state index in [9.17, 15) is 4.79 Å². The fourth-order valence-electron chi connectivity index (χ4n) is 2.34. The molecule has 18 heavy (non-hydrogen) atoms. The van der Waals surface area contributed by atoms with Crippen LogP contribution in [0.5, 0.6) is 0 Å². The quantitative estimate of drug-likeness (QED) is 0.827. The molecule has 3 nitrogen and oxygen atoms in total. The molecule has 0 saturated heterocycles. The van der Waals surface area contributed by atoms with E-state index in [1.54, 1.807) is 0 Å². The van der Waals surface area contributed by atoms with Gasteiger partial charge >= 0.3 is 0 Å². The van der Waals surface area contributed by atoms with Gasteiger partial charge in [-0.1, -0.05) is 25.1 Å². The summed E-state index contributed by atoms with van der Waals surface area (Å²) in [6.07, 6.45) is 3.99. The Bertz CT molecular complexity index is 429. The van der Waals surface area contributed by atoms with E-state index in [4.69, 9.17) is 5.11 Å². The minimum Gasteiger partial charge on any atom is -0.396 e. The summed E-state index contributed by atoms with van der Waals surface area (Å²) >= 11 is 0. The van der Waals surface area contributed by atoms with Crippen LogP contribution in [0.2, 0.25) is 0 Å². The maximum Gasteiger partial charge on any atom is 0.224 e. The maximum atomic E-state index is 11.7. The second kappa shape index (κ2) is 6.01. The molecule has 2 N–H and O–H groups in total. The van der Waals surface area contributed by atoms with Gasteiger partial charge in [0.05, 0.1) is 6.42 Å². The second-order valence-corrected chi connectivity index (χ2v) is 5.23. The van der Waals surface area contributed by atoms with Gasteiger partial charge in [-0.3, -0.25) is 4.79 Å². The van der Waals surface area contributed by atoms with Crippen LogP contribution in [-0.2, 0) is 24.1 Å². The molecule has 0 saturated carbocycles. The highest BCUT2D eigenvalue weighted by Crippen LogP contribution is 2.22. The molecule has 0 heterocycles. The molecule has 1 aliphatic rings. The van der Waals surface area contributed by atoms with Crippen molar-refractivity contribution in [1.29, 1.82) is 0 Å². The lowest BCUT2D eigenvalue weighted by atomic mass is 10.0. The summed E-state index contributed by atoms with van der Waals surface area (Å²) in [4.78, 5) is 11.7. The molecule has 3 heteroatoms. The first-order chi connectivity index (χ1) is 8.69. The van der Waals surface area contributed by atoms with Gasteiger partial charge in [-0.2, -0.15) is 0 Å². The molecular weight excluding hydrogens is 226 g/mol. The van der Waals surface area contributed by atoms with Crippen molar-refractivity contribution < 1.29 is 9.90 Å². The van der Waals surface area contributed by atoms with E-state index in [0.717, 1.165) is 12.0 Å². The largest absolute Gasteiger partial charge is 0.396 e. The Morgan fingerprint density at radius 1 is 1.39 bits per heavy atom. The van der Waals surface area contributed by atoms with E-state index in [-0.39, 0.29) is 18.4 Å². The zero-order valence-electron chi connectivity index (χ0n) is 10.9. The molecule has 0 aliphatic heterocycles. The van der Waals surface area contributed by atoms with E-state index >= 15 is 0 Å². The SMILES string of the molecule is CC(CO)CNC(=O)Cc1ccc2c(c1)CCC2. The number of amides is 1. The van der Waals surface area contributed by atoms with Crippen LogP contribution < -0.4 is 5.32 Å². The number of fused-ring (bicyclic) bond motifs is 1. The zero-order valence-corrected chi connectivity index (χ0v) is 10.9. The first kappa shape index (κ1) is 13.1. The van der Waals surface area contributed by atoms with Crippen LogP contribution in [0.1, 0.15) is 30.0 Å². The highest BCUT2D eigenvalue weighted by Gasteiger charge is 2.12. The molecule has 1 aliphatic carbocycles. The van der Waals surface area contributed by atoms with Crippen molar-refractivity contribution >= 4 is 5.91 Å². The first-order valence-electron chi connectivity index (χ1n) is 6.67. The second-order valence-electron chi connectivity index (χ2n) is 5.23. The lowest BCUT2D eigenvalue weighted by molar-refractivity contribution is -0.120. The molecule has 0 fully saturated rings. The van der Waals surface area contributed by atoms with Crippen molar-refractivity contribution in [2.45, 2.75) is 32.6 Å². The molecule has 0 bridgehead atoms. The number of carbonyl (C=O) groups is 1. The van der Waals surface area contributed by atoms with Gasteiger partial charge in [0, 0.05) is 13.2 Å². The minimum atomic E-state index is 0.0354. The number of aliphatic hydroxyl groups excluding tert-OH is 1. The lowest BCUT2D eigenvalue weighted by Gasteiger charge is -2.10. The molecule has 1 aromatic rings. The zero-order chi connectivity index (χ0) is 13.0. The van der Waals surface area contributed by atoms with Crippen LogP contribution >= 0.6 is 0 Å². The molecule has 1 aromatic carbocycles. The number of hydrogen-bond acceptors (Lipinski definition) is 2. The van der Waals surface area contributed by atoms with Gasteiger partial charge in [-0.25, -0.2) is 0 Å². The van der Waals surface area contributed by atoms with Gasteiger partial charge in [-0.05, 0) is 41.9 Å². The molecule has 0 spiro atoms. The van der Waals surface area contributed by atoms with Crippen LogP contribution in [0.25, 0.3) is 0 Å². The Hall–Kier alpha value is -1.35. The predicted molar refractivity (Wildman–Crippen MR) is 71.4 cm³/mol. The smallest absolute Gasteiger partial charge is 0.224 e. The van der Waals surface area contributed by atoms with E-state index < -0.39 is 0 Å². The highest BCUT2D eigenvalue weighted by molar-refractivity contribution is 5.78. The number of hydrogen-bond donors (Lipinski definition) is 2. The minimum absolute atomic E-state index is 0.0354. The Kier molecular flexibility index (Phi) is 4.37. The molecule has 98 valence electrons. The summed E-state index contributed by atoms with van der Waals surface area (Å²) in [5.41, 5.74) is 3.93. The van der Waals surface area contributed by atoms with Crippen LogP contribution in [0.4, 0.5) is 0 Å². The molecular formula is C15H21NO2. The average Bonchev–Trinajstić information content (AvgIpc) is 2.83. The normalized spacial score (nSPS) is 15.2. The van der Waals surface area contributed by atoms with Gasteiger partial charge in [0.2, 0.25) is 5.91 Å². The van der Waals surface area contributed by atoms with E-state index in [1.165, 1.54) is 24.0 Å². The van der Waals surface area contributed by atoms with Crippen molar-refractivity contribution in [1.82, 2.24) is 5.32 Å². The maximum absolute atomic E-state index is 11.7. The van der Waals surface area contributed by atoms with Crippen LogP contribution in [0.15, 0.2) is 18.2 Å². The van der Waals surface area contributed by atoms with E-state index in [0.29, 0.717) is 13.0 Å². The number of benzene rings is 1. The Labute approximate surface area is 108 Å². The summed E-state index contributed by atoms with van der Waals surface area (Å²) in [5, 5.41) is 11.7. The molecule has 0 radical (unpaired) electrons. The van der Waals surface area contributed by atoms with Gasteiger partial charge in [0.15, 0.2) is 0 Å². The number of rotatable bonds is 5. The lowest BCUT2D eigenvalue weighted by Crippen LogP contribution is -2.30. The topological polar surface area (TPSA) is 49.3 Å². The van der Waals surface area contributed by atoms with Gasteiger partial charge in [0.25, 0.3) is 0 Å². The molecule has 2 rings (SSSR count). The van der Waals surface area contributed by atoms with Crippen molar-refractivity contribution in [2.75, 3.05) is 13.2 Å². The van der Waals surface area contributed by atoms with E-state index in [2.05, 4.69) is 23.5 Å². The Morgan fingerprint density at radius 3 is 2.94 bits per heavy atom. The highest BCUT2D eigenvalue weighted by atomic mass is 16.3. The van der Waals surface area contributed by atoms with Crippen molar-refractivity contribution in [3.8, 4) is 0 Å². The van der Waals surface area contributed by atoms with E-state index in [1.807, 2.05) is 6.92 Å². The average molecular weight is 247 g/mol. The van der Waals surface area contributed by atoms with Crippen molar-refractivity contribution in [3.05, 3.63) is 34.9 Å². The third-order valence-electron chi connectivity index (χ3n) is 3.49. The summed E-state index contributed by atoms with van der Waals surface area (Å²) in [7, 11) is 0. The number of aryl methyl sites for hydroxylation is 2. The van der Waals surface area contributed by atoms with Crippen molar-refractivity contribution in [3.63, 3.8) is 0 Å². The third kappa shape index (κ3) is 3.33. The van der Waals surface area contributed by atoms with Crippen molar-refractivity contribution in [2.24, 2.45) is 5.92 Å².